The topological polar surface area (TPSA) is 75.2 Å². The number of aromatic nitrogens is 2. The van der Waals surface area contributed by atoms with Crippen molar-refractivity contribution in [3.05, 3.63) is 64.4 Å². The van der Waals surface area contributed by atoms with Gasteiger partial charge < -0.3 is 0 Å². The molecular weight excluding hydrogens is 416 g/mol. The first kappa shape index (κ1) is 18.7. The minimum absolute atomic E-state index is 0.377. The Hall–Kier alpha value is -3.36. The molecule has 1 aliphatic rings. The number of carbonyl (C=O) groups excluding carboxylic acids is 2. The lowest BCUT2D eigenvalue weighted by molar-refractivity contribution is -0.135. The number of nitrogens with zero attached hydrogens (tertiary/aromatic N) is 3. The second kappa shape index (κ2) is 7.16. The Morgan fingerprint density at radius 3 is 2.47 bits per heavy atom. The second-order valence-corrected chi connectivity index (χ2v) is 9.02. The number of hydrogen-bond donors (Lipinski definition) is 1. The molecule has 30 heavy (non-hydrogen) atoms. The van der Waals surface area contributed by atoms with Gasteiger partial charge in [-0.3, -0.25) is 15.0 Å². The molecule has 0 fully saturated rings. The van der Waals surface area contributed by atoms with Gasteiger partial charge in [-0.15, -0.1) is 22.7 Å². The molecule has 4 heterocycles. The van der Waals surface area contributed by atoms with Crippen molar-refractivity contribution >= 4 is 50.5 Å². The molecule has 0 radical (unpaired) electrons. The first-order chi connectivity index (χ1) is 14.5. The molecule has 1 N–H and O–H groups in total. The third kappa shape index (κ3) is 3.01. The summed E-state index contributed by atoms with van der Waals surface area (Å²) in [5.74, 6) is 0.217. The van der Waals surface area contributed by atoms with Gasteiger partial charge in [-0.05, 0) is 30.9 Å². The van der Waals surface area contributed by atoms with E-state index >= 15 is 0 Å². The van der Waals surface area contributed by atoms with E-state index < -0.39 is 5.91 Å². The Bertz CT molecular complexity index is 1320. The van der Waals surface area contributed by atoms with Crippen LogP contribution in [0.15, 0.2) is 59.5 Å². The van der Waals surface area contributed by atoms with Gasteiger partial charge >= 0.3 is 0 Å². The maximum absolute atomic E-state index is 12.5. The molecule has 0 aliphatic carbocycles. The van der Waals surface area contributed by atoms with Gasteiger partial charge in [-0.1, -0.05) is 36.4 Å². The number of imide groups is 1. The molecule has 8 heteroatoms. The minimum Gasteiger partial charge on any atom is -0.271 e. The molecule has 0 spiro atoms. The number of carbonyl (C=O) groups is 2. The molecular formula is C22H16N4O2S2. The third-order valence-electron chi connectivity index (χ3n) is 4.85. The summed E-state index contributed by atoms with van der Waals surface area (Å²) < 4.78 is 0. The zero-order valence-electron chi connectivity index (χ0n) is 16.2. The van der Waals surface area contributed by atoms with Crippen molar-refractivity contribution in [2.75, 3.05) is 5.43 Å². The molecule has 1 aliphatic heterocycles. The predicted molar refractivity (Wildman–Crippen MR) is 120 cm³/mol. The lowest BCUT2D eigenvalue weighted by Gasteiger charge is -2.18. The van der Waals surface area contributed by atoms with Crippen LogP contribution in [0.4, 0.5) is 5.82 Å². The van der Waals surface area contributed by atoms with Gasteiger partial charge in [-0.25, -0.2) is 9.97 Å². The van der Waals surface area contributed by atoms with Gasteiger partial charge in [0.15, 0.2) is 11.6 Å². The normalized spacial score (nSPS) is 13.9. The van der Waals surface area contributed by atoms with E-state index in [1.54, 1.807) is 18.3 Å². The monoisotopic (exact) mass is 432 g/mol. The van der Waals surface area contributed by atoms with Crippen molar-refractivity contribution in [2.45, 2.75) is 13.8 Å². The lowest BCUT2D eigenvalue weighted by atomic mass is 10.0. The second-order valence-electron chi connectivity index (χ2n) is 6.87. The highest BCUT2D eigenvalue weighted by Gasteiger charge is 2.30. The summed E-state index contributed by atoms with van der Waals surface area (Å²) in [6, 6.07) is 13.9. The molecule has 5 rings (SSSR count). The Morgan fingerprint density at radius 2 is 1.80 bits per heavy atom. The highest BCUT2D eigenvalue weighted by atomic mass is 32.1. The fourth-order valence-electron chi connectivity index (χ4n) is 3.46. The highest BCUT2D eigenvalue weighted by molar-refractivity contribution is 7.19. The van der Waals surface area contributed by atoms with Crippen molar-refractivity contribution < 1.29 is 9.59 Å². The summed E-state index contributed by atoms with van der Waals surface area (Å²) in [6.45, 7) is 3.67. The van der Waals surface area contributed by atoms with E-state index in [1.807, 2.05) is 54.8 Å². The first-order valence-electron chi connectivity index (χ1n) is 9.26. The number of fused-ring (bicyclic) bond motifs is 1. The number of hydrogen-bond acceptors (Lipinski definition) is 7. The molecule has 2 amide bonds. The molecule has 0 atom stereocenters. The van der Waals surface area contributed by atoms with Gasteiger partial charge in [0.1, 0.15) is 4.83 Å². The molecule has 0 saturated carbocycles. The number of benzene rings is 1. The molecule has 0 unspecified atom stereocenters. The van der Waals surface area contributed by atoms with Crippen LogP contribution in [-0.2, 0) is 9.59 Å². The van der Waals surface area contributed by atoms with Crippen molar-refractivity contribution in [3.8, 4) is 21.8 Å². The molecule has 148 valence electrons. The number of rotatable bonds is 4. The Morgan fingerprint density at radius 1 is 1.00 bits per heavy atom. The summed E-state index contributed by atoms with van der Waals surface area (Å²) >= 11 is 3.11. The van der Waals surface area contributed by atoms with Gasteiger partial charge in [0.25, 0.3) is 11.8 Å². The number of hydrazine groups is 1. The Balaban J connectivity index is 1.73. The van der Waals surface area contributed by atoms with Gasteiger partial charge in [-0.2, -0.15) is 5.01 Å². The largest absolute Gasteiger partial charge is 0.275 e. The van der Waals surface area contributed by atoms with Crippen LogP contribution >= 0.6 is 22.7 Å². The van der Waals surface area contributed by atoms with E-state index in [9.17, 15) is 9.59 Å². The van der Waals surface area contributed by atoms with Crippen LogP contribution in [0.3, 0.4) is 0 Å². The molecule has 1 aromatic carbocycles. The number of aryl methyl sites for hydroxylation is 1. The zero-order valence-corrected chi connectivity index (χ0v) is 17.8. The van der Waals surface area contributed by atoms with E-state index in [2.05, 4.69) is 5.43 Å². The molecule has 0 saturated heterocycles. The van der Waals surface area contributed by atoms with Crippen LogP contribution in [-0.4, -0.2) is 26.8 Å². The Labute approximate surface area is 180 Å². The number of anilines is 1. The van der Waals surface area contributed by atoms with Crippen molar-refractivity contribution in [1.29, 1.82) is 0 Å². The van der Waals surface area contributed by atoms with Crippen molar-refractivity contribution in [2.24, 2.45) is 0 Å². The highest BCUT2D eigenvalue weighted by Crippen LogP contribution is 2.42. The summed E-state index contributed by atoms with van der Waals surface area (Å²) in [7, 11) is 0. The van der Waals surface area contributed by atoms with Crippen LogP contribution in [0.25, 0.3) is 32.0 Å². The zero-order chi connectivity index (χ0) is 20.8. The van der Waals surface area contributed by atoms with E-state index in [0.717, 1.165) is 36.1 Å². The summed E-state index contributed by atoms with van der Waals surface area (Å²) in [6.07, 6.45) is 1.32. The van der Waals surface area contributed by atoms with Crippen LogP contribution < -0.4 is 5.43 Å². The van der Waals surface area contributed by atoms with Crippen LogP contribution in [0.1, 0.15) is 11.8 Å². The summed E-state index contributed by atoms with van der Waals surface area (Å²) in [5.41, 5.74) is 5.40. The number of thiophene rings is 2. The van der Waals surface area contributed by atoms with Crippen molar-refractivity contribution in [1.82, 2.24) is 15.0 Å². The molecule has 4 aromatic rings. The van der Waals surface area contributed by atoms with Crippen LogP contribution in [0, 0.1) is 6.92 Å². The smallest absolute Gasteiger partial charge is 0.271 e. The average Bonchev–Trinajstić information content (AvgIpc) is 3.43. The quantitative estimate of drug-likeness (QED) is 0.458. The van der Waals surface area contributed by atoms with Crippen molar-refractivity contribution in [3.63, 3.8) is 0 Å². The van der Waals surface area contributed by atoms with Gasteiger partial charge in [0.2, 0.25) is 0 Å². The van der Waals surface area contributed by atoms with Gasteiger partial charge in [0.05, 0.1) is 10.3 Å². The summed E-state index contributed by atoms with van der Waals surface area (Å²) in [4.78, 5) is 37.1. The number of amides is 2. The fourth-order valence-corrected chi connectivity index (χ4v) is 5.16. The van der Waals surface area contributed by atoms with E-state index in [-0.39, 0.29) is 5.91 Å². The standard InChI is InChI=1S/C22H16N4O2S2/c1-12-11-16(27)26(22(12)28)25-20-18-17(14-7-4-3-5-8-14)13(2)30-21(18)24-19(23-20)15-9-6-10-29-15/h3-11H,1-2H3,(H,23,24,25). The van der Waals surface area contributed by atoms with Crippen LogP contribution in [0.5, 0.6) is 0 Å². The first-order valence-corrected chi connectivity index (χ1v) is 11.0. The fraction of sp³-hybridized carbons (Fsp3) is 0.0909. The predicted octanol–water partition coefficient (Wildman–Crippen LogP) is 5.04. The minimum atomic E-state index is -0.407. The number of nitrogens with one attached hydrogen (secondary N) is 1. The van der Waals surface area contributed by atoms with E-state index in [0.29, 0.717) is 17.2 Å². The maximum atomic E-state index is 12.5. The average molecular weight is 433 g/mol. The SMILES string of the molecule is CC1=CC(=O)N(Nc2nc(-c3cccs3)nc3sc(C)c(-c4ccccc4)c23)C1=O. The van der Waals surface area contributed by atoms with Gasteiger partial charge in [0, 0.05) is 22.1 Å². The summed E-state index contributed by atoms with van der Waals surface area (Å²) in [5, 5.41) is 3.78. The maximum Gasteiger partial charge on any atom is 0.275 e. The lowest BCUT2D eigenvalue weighted by Crippen LogP contribution is -2.36. The van der Waals surface area contributed by atoms with E-state index in [1.165, 1.54) is 17.4 Å². The molecule has 0 bridgehead atoms. The molecule has 3 aromatic heterocycles. The van der Waals surface area contributed by atoms with E-state index in [4.69, 9.17) is 9.97 Å². The third-order valence-corrected chi connectivity index (χ3v) is 6.72. The molecule has 6 nitrogen and oxygen atoms in total. The Kier molecular flexibility index (Phi) is 4.45. The van der Waals surface area contributed by atoms with Crippen LogP contribution in [0.2, 0.25) is 0 Å².